The summed E-state index contributed by atoms with van der Waals surface area (Å²) < 4.78 is 28.1. The molecule has 0 aliphatic carbocycles. The molecular formula is C18H22N4O4S. The first-order valence-electron chi connectivity index (χ1n) is 8.72. The number of nitrogens with one attached hydrogen (secondary N) is 1. The van der Waals surface area contributed by atoms with Gasteiger partial charge in [0, 0.05) is 25.0 Å². The number of ketones is 1. The molecule has 1 saturated heterocycles. The van der Waals surface area contributed by atoms with Crippen LogP contribution in [0.4, 0.5) is 5.69 Å². The Balaban J connectivity index is 1.71. The van der Waals surface area contributed by atoms with Crippen LogP contribution in [0.5, 0.6) is 0 Å². The van der Waals surface area contributed by atoms with Gasteiger partial charge in [-0.15, -0.1) is 0 Å². The normalized spacial score (nSPS) is 15.0. The molecule has 9 heteroatoms. The third-order valence-corrected chi connectivity index (χ3v) is 6.35. The number of anilines is 1. The number of hydrogen-bond acceptors (Lipinski definition) is 5. The number of benzene rings is 1. The third kappa shape index (κ3) is 4.25. The fourth-order valence-electron chi connectivity index (χ4n) is 3.10. The smallest absolute Gasteiger partial charge is 0.246 e. The fourth-order valence-corrected chi connectivity index (χ4v) is 4.67. The van der Waals surface area contributed by atoms with Gasteiger partial charge < -0.3 is 5.32 Å². The number of hydrogen-bond donors (Lipinski definition) is 1. The van der Waals surface area contributed by atoms with Crippen LogP contribution >= 0.6 is 0 Å². The largest absolute Gasteiger partial charge is 0.324 e. The van der Waals surface area contributed by atoms with E-state index in [1.165, 1.54) is 34.2 Å². The van der Waals surface area contributed by atoms with Crippen LogP contribution < -0.4 is 5.32 Å². The quantitative estimate of drug-likeness (QED) is 0.758. The summed E-state index contributed by atoms with van der Waals surface area (Å²) in [7, 11) is -3.54. The molecule has 1 aliphatic heterocycles. The van der Waals surface area contributed by atoms with Crippen LogP contribution in [-0.2, 0) is 21.4 Å². The highest BCUT2D eigenvalue weighted by Crippen LogP contribution is 2.23. The summed E-state index contributed by atoms with van der Waals surface area (Å²) in [5.41, 5.74) is 1.44. The number of carbonyl (C=O) groups is 2. The lowest BCUT2D eigenvalue weighted by atomic mass is 10.2. The van der Waals surface area contributed by atoms with Gasteiger partial charge in [0.2, 0.25) is 15.9 Å². The maximum absolute atomic E-state index is 12.6. The predicted molar refractivity (Wildman–Crippen MR) is 100 cm³/mol. The zero-order valence-electron chi connectivity index (χ0n) is 15.3. The van der Waals surface area contributed by atoms with Crippen molar-refractivity contribution in [1.29, 1.82) is 0 Å². The van der Waals surface area contributed by atoms with Gasteiger partial charge >= 0.3 is 0 Å². The monoisotopic (exact) mass is 390 g/mol. The lowest BCUT2D eigenvalue weighted by Crippen LogP contribution is -2.28. The number of sulfonamides is 1. The van der Waals surface area contributed by atoms with E-state index in [4.69, 9.17) is 0 Å². The molecule has 8 nitrogen and oxygen atoms in total. The van der Waals surface area contributed by atoms with E-state index < -0.39 is 10.0 Å². The van der Waals surface area contributed by atoms with Crippen molar-refractivity contribution in [3.05, 3.63) is 41.7 Å². The highest BCUT2D eigenvalue weighted by atomic mass is 32.2. The van der Waals surface area contributed by atoms with Gasteiger partial charge in [-0.3, -0.25) is 14.3 Å². The van der Waals surface area contributed by atoms with Gasteiger partial charge in [-0.1, -0.05) is 6.07 Å². The standard InChI is InChI=1S/C18H22N4O4S/c1-13-17(14(2)23)11-21(20-13)12-18(24)19-15-6-5-7-16(10-15)27(25,26)22-8-3-4-9-22/h5-7,10-11H,3-4,8-9,12H2,1-2H3,(H,19,24). The molecule has 27 heavy (non-hydrogen) atoms. The van der Waals surface area contributed by atoms with Crippen molar-refractivity contribution in [2.45, 2.75) is 38.1 Å². The molecule has 1 N–H and O–H groups in total. The van der Waals surface area contributed by atoms with Crippen molar-refractivity contribution in [3.8, 4) is 0 Å². The van der Waals surface area contributed by atoms with E-state index in [1.807, 2.05) is 0 Å². The van der Waals surface area contributed by atoms with E-state index in [1.54, 1.807) is 19.1 Å². The minimum absolute atomic E-state index is 0.0722. The fraction of sp³-hybridized carbons (Fsp3) is 0.389. The Morgan fingerprint density at radius 1 is 1.22 bits per heavy atom. The number of amides is 1. The number of Topliss-reactive ketones (excluding diaryl/α,β-unsaturated/α-hetero) is 1. The van der Waals surface area contributed by atoms with Crippen molar-refractivity contribution in [1.82, 2.24) is 14.1 Å². The SMILES string of the molecule is CC(=O)c1cn(CC(=O)Nc2cccc(S(=O)(=O)N3CCCC3)c2)nc1C. The number of carbonyl (C=O) groups excluding carboxylic acids is 2. The van der Waals surface area contributed by atoms with Crippen LogP contribution in [0, 0.1) is 6.92 Å². The Bertz CT molecular complexity index is 975. The second kappa shape index (κ2) is 7.61. The van der Waals surface area contributed by atoms with Gasteiger partial charge in [0.1, 0.15) is 6.54 Å². The molecule has 1 amide bonds. The minimum atomic E-state index is -3.54. The van der Waals surface area contributed by atoms with Gasteiger partial charge in [-0.2, -0.15) is 9.40 Å². The molecule has 1 fully saturated rings. The van der Waals surface area contributed by atoms with Crippen LogP contribution in [0.25, 0.3) is 0 Å². The summed E-state index contributed by atoms with van der Waals surface area (Å²) in [6.07, 6.45) is 3.26. The zero-order chi connectivity index (χ0) is 19.6. The van der Waals surface area contributed by atoms with Gasteiger partial charge in [0.25, 0.3) is 0 Å². The summed E-state index contributed by atoms with van der Waals surface area (Å²) in [5, 5.41) is 6.84. The molecule has 1 aromatic heterocycles. The maximum atomic E-state index is 12.6. The minimum Gasteiger partial charge on any atom is -0.324 e. The van der Waals surface area contributed by atoms with Gasteiger partial charge in [0.15, 0.2) is 5.78 Å². The number of rotatable bonds is 6. The molecule has 0 spiro atoms. The first kappa shape index (κ1) is 19.2. The third-order valence-electron chi connectivity index (χ3n) is 4.45. The molecule has 0 unspecified atom stereocenters. The average Bonchev–Trinajstić information content (AvgIpc) is 3.25. The Kier molecular flexibility index (Phi) is 5.43. The average molecular weight is 390 g/mol. The summed E-state index contributed by atoms with van der Waals surface area (Å²) >= 11 is 0. The van der Waals surface area contributed by atoms with Crippen LogP contribution in [0.15, 0.2) is 35.4 Å². The van der Waals surface area contributed by atoms with E-state index in [0.717, 1.165) is 12.8 Å². The van der Waals surface area contributed by atoms with Gasteiger partial charge in [-0.25, -0.2) is 8.42 Å². The summed E-state index contributed by atoms with van der Waals surface area (Å²) in [5.74, 6) is -0.470. The molecule has 2 heterocycles. The molecule has 144 valence electrons. The lowest BCUT2D eigenvalue weighted by molar-refractivity contribution is -0.116. The van der Waals surface area contributed by atoms with Crippen molar-refractivity contribution >= 4 is 27.4 Å². The predicted octanol–water partition coefficient (Wildman–Crippen LogP) is 1.82. The Hall–Kier alpha value is -2.52. The van der Waals surface area contributed by atoms with Crippen molar-refractivity contribution < 1.29 is 18.0 Å². The number of aromatic nitrogens is 2. The lowest BCUT2D eigenvalue weighted by Gasteiger charge is -2.16. The molecule has 0 atom stereocenters. The van der Waals surface area contributed by atoms with Gasteiger partial charge in [-0.05, 0) is 44.9 Å². The molecule has 0 radical (unpaired) electrons. The molecule has 2 aromatic rings. The van der Waals surface area contributed by atoms with E-state index in [9.17, 15) is 18.0 Å². The highest BCUT2D eigenvalue weighted by Gasteiger charge is 2.27. The molecule has 0 saturated carbocycles. The van der Waals surface area contributed by atoms with Crippen molar-refractivity contribution in [3.63, 3.8) is 0 Å². The number of aryl methyl sites for hydroxylation is 1. The van der Waals surface area contributed by atoms with E-state index in [-0.39, 0.29) is 23.1 Å². The Morgan fingerprint density at radius 3 is 2.56 bits per heavy atom. The summed E-state index contributed by atoms with van der Waals surface area (Å²) in [6, 6.07) is 6.22. The first-order chi connectivity index (χ1) is 12.8. The van der Waals surface area contributed by atoms with Crippen molar-refractivity contribution in [2.75, 3.05) is 18.4 Å². The van der Waals surface area contributed by atoms with E-state index in [2.05, 4.69) is 10.4 Å². The second-order valence-electron chi connectivity index (χ2n) is 6.57. The summed E-state index contributed by atoms with van der Waals surface area (Å²) in [4.78, 5) is 23.9. The van der Waals surface area contributed by atoms with Gasteiger partial charge in [0.05, 0.1) is 16.2 Å². The molecule has 0 bridgehead atoms. The molecule has 1 aromatic carbocycles. The second-order valence-corrected chi connectivity index (χ2v) is 8.51. The Labute approximate surface area is 158 Å². The van der Waals surface area contributed by atoms with Crippen molar-refractivity contribution in [2.24, 2.45) is 0 Å². The van der Waals surface area contributed by atoms with Crippen LogP contribution in [0.3, 0.4) is 0 Å². The summed E-state index contributed by atoms with van der Waals surface area (Å²) in [6.45, 7) is 4.13. The van der Waals surface area contributed by atoms with E-state index >= 15 is 0 Å². The Morgan fingerprint density at radius 2 is 1.93 bits per heavy atom. The van der Waals surface area contributed by atoms with Crippen LogP contribution in [-0.4, -0.2) is 47.3 Å². The first-order valence-corrected chi connectivity index (χ1v) is 10.2. The topological polar surface area (TPSA) is 101 Å². The maximum Gasteiger partial charge on any atom is 0.246 e. The molecule has 1 aliphatic rings. The zero-order valence-corrected chi connectivity index (χ0v) is 16.1. The van der Waals surface area contributed by atoms with Crippen LogP contribution in [0.1, 0.15) is 35.8 Å². The van der Waals surface area contributed by atoms with E-state index in [0.29, 0.717) is 30.0 Å². The highest BCUT2D eigenvalue weighted by molar-refractivity contribution is 7.89. The molecule has 3 rings (SSSR count). The molecular weight excluding hydrogens is 368 g/mol. The number of nitrogens with zero attached hydrogens (tertiary/aromatic N) is 3. The van der Waals surface area contributed by atoms with Crippen LogP contribution in [0.2, 0.25) is 0 Å².